The minimum Gasteiger partial charge on any atom is -0.394 e. The number of hydrogen-bond donors (Lipinski definition) is 2. The van der Waals surface area contributed by atoms with E-state index >= 15 is 0 Å². The molecule has 0 bridgehead atoms. The van der Waals surface area contributed by atoms with Crippen LogP contribution in [-0.4, -0.2) is 16.3 Å². The third-order valence-electron chi connectivity index (χ3n) is 0.994. The minimum atomic E-state index is -4.83. The fourth-order valence-electron chi connectivity index (χ4n) is 0.524. The van der Waals surface area contributed by atoms with Gasteiger partial charge in [-0.05, 0) is 0 Å². The second-order valence-electron chi connectivity index (χ2n) is 1.90. The molecule has 1 heterocycles. The summed E-state index contributed by atoms with van der Waals surface area (Å²) >= 11 is 0. The van der Waals surface area contributed by atoms with Crippen LogP contribution in [0.4, 0.5) is 24.7 Å². The molecule has 1 aromatic heterocycles. The first-order chi connectivity index (χ1) is 5.40. The van der Waals surface area contributed by atoms with E-state index in [2.05, 4.69) is 9.94 Å². The molecule has 0 spiro atoms. The summed E-state index contributed by atoms with van der Waals surface area (Å²) in [5, 5.41) is 3.13. The molecule has 1 aromatic rings. The van der Waals surface area contributed by atoms with Gasteiger partial charge in [-0.2, -0.15) is 0 Å². The molecule has 0 saturated carbocycles. The highest BCUT2D eigenvalue weighted by molar-refractivity contribution is 5.56. The van der Waals surface area contributed by atoms with Gasteiger partial charge >= 0.3 is 6.36 Å². The fourth-order valence-corrected chi connectivity index (χ4v) is 0.524. The Labute approximate surface area is 64.6 Å². The highest BCUT2D eigenvalue weighted by atomic mass is 19.4. The molecular weight excluding hydrogens is 177 g/mol. The van der Waals surface area contributed by atoms with Gasteiger partial charge in [-0.3, -0.25) is 4.84 Å². The highest BCUT2D eigenvalue weighted by Gasteiger charge is 2.33. The Balaban J connectivity index is 2.83. The van der Waals surface area contributed by atoms with E-state index in [0.717, 1.165) is 6.20 Å². The Morgan fingerprint density at radius 2 is 2.00 bits per heavy atom. The van der Waals surface area contributed by atoms with Gasteiger partial charge in [0.1, 0.15) is 0 Å². The number of nitrogens with two attached hydrogens (primary N) is 2. The number of hydrogen-bond acceptors (Lipinski definition) is 4. The molecule has 68 valence electrons. The molecule has 5 nitrogen and oxygen atoms in total. The van der Waals surface area contributed by atoms with Crippen LogP contribution in [-0.2, 0) is 0 Å². The molecule has 0 aliphatic carbocycles. The average Bonchev–Trinajstić information content (AvgIpc) is 2.16. The van der Waals surface area contributed by atoms with Gasteiger partial charge in [-0.25, -0.2) is 0 Å². The summed E-state index contributed by atoms with van der Waals surface area (Å²) in [5.41, 5.74) is 10.1. The van der Waals surface area contributed by atoms with Gasteiger partial charge in [0.05, 0.1) is 11.9 Å². The molecular formula is C4H5F3N4O. The van der Waals surface area contributed by atoms with Crippen LogP contribution in [0, 0.1) is 0 Å². The first-order valence-corrected chi connectivity index (χ1v) is 2.75. The van der Waals surface area contributed by atoms with Crippen LogP contribution in [0.1, 0.15) is 0 Å². The summed E-state index contributed by atoms with van der Waals surface area (Å²) in [7, 11) is 0. The van der Waals surface area contributed by atoms with Crippen LogP contribution >= 0.6 is 0 Å². The molecule has 0 aliphatic heterocycles. The van der Waals surface area contributed by atoms with Crippen LogP contribution in [0.5, 0.6) is 0 Å². The monoisotopic (exact) mass is 182 g/mol. The van der Waals surface area contributed by atoms with Crippen LogP contribution < -0.4 is 16.3 Å². The number of alkyl halides is 3. The first-order valence-electron chi connectivity index (χ1n) is 2.75. The van der Waals surface area contributed by atoms with Gasteiger partial charge in [0.2, 0.25) is 0 Å². The fraction of sp³-hybridized carbons (Fsp3) is 0.250. The lowest BCUT2D eigenvalue weighted by molar-refractivity contribution is -0.327. The van der Waals surface area contributed by atoms with Crippen molar-refractivity contribution in [3.63, 3.8) is 0 Å². The van der Waals surface area contributed by atoms with Crippen LogP contribution in [0.3, 0.4) is 0 Å². The van der Waals surface area contributed by atoms with Crippen molar-refractivity contribution < 1.29 is 18.0 Å². The zero-order valence-corrected chi connectivity index (χ0v) is 5.67. The Hall–Kier alpha value is -1.60. The highest BCUT2D eigenvalue weighted by Crippen LogP contribution is 2.17. The Bertz CT molecular complexity index is 280. The molecule has 1 rings (SSSR count). The van der Waals surface area contributed by atoms with E-state index in [1.807, 2.05) is 0 Å². The lowest BCUT2D eigenvalue weighted by Gasteiger charge is -2.07. The van der Waals surface area contributed by atoms with E-state index in [1.165, 1.54) is 0 Å². The van der Waals surface area contributed by atoms with Crippen LogP contribution in [0.2, 0.25) is 0 Å². The standard InChI is InChI=1S/C4H5F3N4O/c5-4(6,7)12-11-3(9)2(8)1-10-11/h1H,8-9H2. The van der Waals surface area contributed by atoms with E-state index in [4.69, 9.17) is 11.5 Å². The Kier molecular flexibility index (Phi) is 1.75. The maximum absolute atomic E-state index is 11.6. The van der Waals surface area contributed by atoms with Gasteiger partial charge in [0.25, 0.3) is 0 Å². The molecule has 8 heteroatoms. The third-order valence-corrected chi connectivity index (χ3v) is 0.994. The average molecular weight is 182 g/mol. The van der Waals surface area contributed by atoms with E-state index in [1.54, 1.807) is 0 Å². The number of anilines is 2. The first kappa shape index (κ1) is 8.50. The SMILES string of the molecule is Nc1cnn(OC(F)(F)F)c1N. The summed E-state index contributed by atoms with van der Waals surface area (Å²) in [6.07, 6.45) is -3.87. The molecule has 0 aliphatic rings. The van der Waals surface area contributed by atoms with Crippen LogP contribution in [0.15, 0.2) is 6.20 Å². The zero-order chi connectivity index (χ0) is 9.35. The molecule has 12 heavy (non-hydrogen) atoms. The maximum atomic E-state index is 11.6. The van der Waals surface area contributed by atoms with Crippen molar-refractivity contribution in [3.8, 4) is 0 Å². The lowest BCUT2D eigenvalue weighted by Crippen LogP contribution is -2.28. The van der Waals surface area contributed by atoms with Gasteiger partial charge in [-0.1, -0.05) is 4.85 Å². The molecule has 0 radical (unpaired) electrons. The van der Waals surface area contributed by atoms with Gasteiger partial charge in [-0.15, -0.1) is 18.3 Å². The second-order valence-corrected chi connectivity index (χ2v) is 1.90. The second kappa shape index (κ2) is 2.47. The van der Waals surface area contributed by atoms with E-state index in [0.29, 0.717) is 0 Å². The summed E-state index contributed by atoms with van der Waals surface area (Å²) in [5.74, 6) is -0.382. The van der Waals surface area contributed by atoms with Gasteiger partial charge in [0.15, 0.2) is 5.82 Å². The van der Waals surface area contributed by atoms with Crippen LogP contribution in [0.25, 0.3) is 0 Å². The lowest BCUT2D eigenvalue weighted by atomic mass is 10.5. The number of nitrogens with zero attached hydrogens (tertiary/aromatic N) is 2. The van der Waals surface area contributed by atoms with Crippen molar-refractivity contribution in [2.75, 3.05) is 11.5 Å². The van der Waals surface area contributed by atoms with E-state index in [9.17, 15) is 13.2 Å². The predicted molar refractivity (Wildman–Crippen MR) is 33.7 cm³/mol. The van der Waals surface area contributed by atoms with Gasteiger partial charge < -0.3 is 11.5 Å². The number of rotatable bonds is 1. The summed E-state index contributed by atoms with van der Waals surface area (Å²) in [6.45, 7) is 0. The normalized spacial score (nSPS) is 11.6. The molecule has 4 N–H and O–H groups in total. The smallest absolute Gasteiger partial charge is 0.394 e. The predicted octanol–water partition coefficient (Wildman–Crippen LogP) is -0.00410. The Morgan fingerprint density at radius 3 is 2.33 bits per heavy atom. The molecule has 0 unspecified atom stereocenters. The van der Waals surface area contributed by atoms with Gasteiger partial charge in [0, 0.05) is 0 Å². The Morgan fingerprint density at radius 1 is 1.42 bits per heavy atom. The van der Waals surface area contributed by atoms with Crippen molar-refractivity contribution in [1.29, 1.82) is 0 Å². The van der Waals surface area contributed by atoms with Crippen molar-refractivity contribution in [2.45, 2.75) is 6.36 Å². The summed E-state index contributed by atoms with van der Waals surface area (Å²) < 4.78 is 34.7. The molecule has 0 aromatic carbocycles. The van der Waals surface area contributed by atoms with Crippen molar-refractivity contribution in [1.82, 2.24) is 9.94 Å². The molecule has 0 saturated heterocycles. The maximum Gasteiger partial charge on any atom is 0.593 e. The van der Waals surface area contributed by atoms with Crippen molar-refractivity contribution >= 4 is 11.5 Å². The quantitative estimate of drug-likeness (QED) is 0.640. The zero-order valence-electron chi connectivity index (χ0n) is 5.67. The third kappa shape index (κ3) is 1.71. The number of nitrogen functional groups attached to an aromatic ring is 2. The molecule has 0 amide bonds. The molecule has 0 atom stereocenters. The van der Waals surface area contributed by atoms with Crippen molar-refractivity contribution in [3.05, 3.63) is 6.20 Å². The van der Waals surface area contributed by atoms with E-state index < -0.39 is 6.36 Å². The largest absolute Gasteiger partial charge is 0.593 e. The summed E-state index contributed by atoms with van der Waals surface area (Å²) in [6, 6.07) is 0. The topological polar surface area (TPSA) is 79.1 Å². The minimum absolute atomic E-state index is 0.0701. The molecule has 0 fully saturated rings. The number of aromatic nitrogens is 2. The van der Waals surface area contributed by atoms with Crippen molar-refractivity contribution in [2.24, 2.45) is 0 Å². The summed E-state index contributed by atoms with van der Waals surface area (Å²) in [4.78, 5) is 3.46. The number of halogens is 3. The van der Waals surface area contributed by atoms with E-state index in [-0.39, 0.29) is 16.4 Å².